The topological polar surface area (TPSA) is 21.3 Å². The summed E-state index contributed by atoms with van der Waals surface area (Å²) in [4.78, 5) is 0. The van der Waals surface area contributed by atoms with Gasteiger partial charge < -0.3 is 10.1 Å². The quantitative estimate of drug-likeness (QED) is 0.860. The van der Waals surface area contributed by atoms with E-state index in [1.807, 2.05) is 0 Å². The van der Waals surface area contributed by atoms with Crippen molar-refractivity contribution in [2.24, 2.45) is 5.92 Å². The SMILES string of the molecule is CNC(c1ccc(F)c(C(F)(F)F)c1)C1CCOCC1. The molecular formula is C14H17F4NO. The van der Waals surface area contributed by atoms with Crippen molar-refractivity contribution in [2.45, 2.75) is 25.1 Å². The number of ether oxygens (including phenoxy) is 1. The van der Waals surface area contributed by atoms with Crippen molar-refractivity contribution in [3.63, 3.8) is 0 Å². The molecule has 1 aliphatic heterocycles. The van der Waals surface area contributed by atoms with Crippen LogP contribution in [0.25, 0.3) is 0 Å². The zero-order valence-electron chi connectivity index (χ0n) is 11.1. The van der Waals surface area contributed by atoms with Gasteiger partial charge in [0.1, 0.15) is 5.82 Å². The third-order valence-corrected chi connectivity index (χ3v) is 3.70. The number of halogens is 4. The summed E-state index contributed by atoms with van der Waals surface area (Å²) in [6.07, 6.45) is -3.11. The summed E-state index contributed by atoms with van der Waals surface area (Å²) in [6, 6.07) is 3.00. The molecular weight excluding hydrogens is 274 g/mol. The van der Waals surface area contributed by atoms with Crippen molar-refractivity contribution in [1.29, 1.82) is 0 Å². The summed E-state index contributed by atoms with van der Waals surface area (Å²) >= 11 is 0. The zero-order chi connectivity index (χ0) is 14.8. The normalized spacial score (nSPS) is 19.1. The van der Waals surface area contributed by atoms with Gasteiger partial charge in [0.25, 0.3) is 0 Å². The van der Waals surface area contributed by atoms with Gasteiger partial charge in [0.15, 0.2) is 0 Å². The maximum atomic E-state index is 13.3. The highest BCUT2D eigenvalue weighted by atomic mass is 19.4. The Labute approximate surface area is 115 Å². The van der Waals surface area contributed by atoms with Crippen LogP contribution in [0.1, 0.15) is 30.0 Å². The molecule has 6 heteroatoms. The molecule has 0 radical (unpaired) electrons. The van der Waals surface area contributed by atoms with Crippen molar-refractivity contribution in [2.75, 3.05) is 20.3 Å². The maximum absolute atomic E-state index is 13.3. The first-order chi connectivity index (χ1) is 9.43. The molecule has 1 N–H and O–H groups in total. The number of benzene rings is 1. The Morgan fingerprint density at radius 2 is 1.90 bits per heavy atom. The van der Waals surface area contributed by atoms with E-state index >= 15 is 0 Å². The lowest BCUT2D eigenvalue weighted by atomic mass is 9.86. The van der Waals surface area contributed by atoms with E-state index < -0.39 is 17.6 Å². The minimum atomic E-state index is -4.67. The van der Waals surface area contributed by atoms with E-state index in [2.05, 4.69) is 5.32 Å². The van der Waals surface area contributed by atoms with Crippen LogP contribution in [0, 0.1) is 11.7 Å². The number of hydrogen-bond acceptors (Lipinski definition) is 2. The number of hydrogen-bond donors (Lipinski definition) is 1. The van der Waals surface area contributed by atoms with E-state index in [4.69, 9.17) is 4.74 Å². The fraction of sp³-hybridized carbons (Fsp3) is 0.571. The summed E-state index contributed by atoms with van der Waals surface area (Å²) in [5, 5.41) is 3.04. The molecule has 0 amide bonds. The Balaban J connectivity index is 2.30. The van der Waals surface area contributed by atoms with Crippen molar-refractivity contribution in [3.05, 3.63) is 35.1 Å². The van der Waals surface area contributed by atoms with E-state index in [9.17, 15) is 17.6 Å². The second-order valence-corrected chi connectivity index (χ2v) is 4.95. The van der Waals surface area contributed by atoms with E-state index in [-0.39, 0.29) is 12.0 Å². The van der Waals surface area contributed by atoms with Gasteiger partial charge in [-0.15, -0.1) is 0 Å². The molecule has 0 bridgehead atoms. The monoisotopic (exact) mass is 291 g/mol. The molecule has 1 aliphatic rings. The molecule has 2 rings (SSSR count). The van der Waals surface area contributed by atoms with Crippen LogP contribution in [0.3, 0.4) is 0 Å². The standard InChI is InChI=1S/C14H17F4NO/c1-19-13(9-4-6-20-7-5-9)10-2-3-12(15)11(8-10)14(16,17)18/h2-3,8-9,13,19H,4-7H2,1H3. The van der Waals surface area contributed by atoms with Crippen molar-refractivity contribution in [3.8, 4) is 0 Å². The van der Waals surface area contributed by atoms with Gasteiger partial charge in [-0.2, -0.15) is 13.2 Å². The lowest BCUT2D eigenvalue weighted by Crippen LogP contribution is -2.30. The van der Waals surface area contributed by atoms with Gasteiger partial charge in [0.2, 0.25) is 0 Å². The molecule has 1 aromatic rings. The van der Waals surface area contributed by atoms with Gasteiger partial charge in [0, 0.05) is 19.3 Å². The van der Waals surface area contributed by atoms with Crippen LogP contribution in [0.15, 0.2) is 18.2 Å². The molecule has 1 unspecified atom stereocenters. The molecule has 1 heterocycles. The predicted octanol–water partition coefficient (Wildman–Crippen LogP) is 3.53. The third kappa shape index (κ3) is 3.30. The second kappa shape index (κ2) is 6.10. The van der Waals surface area contributed by atoms with Gasteiger partial charge in [-0.1, -0.05) is 6.07 Å². The number of alkyl halides is 3. The van der Waals surface area contributed by atoms with E-state index in [1.165, 1.54) is 6.07 Å². The summed E-state index contributed by atoms with van der Waals surface area (Å²) in [7, 11) is 1.71. The van der Waals surface area contributed by atoms with E-state index in [0.29, 0.717) is 18.8 Å². The average molecular weight is 291 g/mol. The molecule has 112 valence electrons. The van der Waals surface area contributed by atoms with E-state index in [0.717, 1.165) is 25.0 Å². The Morgan fingerprint density at radius 3 is 2.45 bits per heavy atom. The smallest absolute Gasteiger partial charge is 0.381 e. The largest absolute Gasteiger partial charge is 0.419 e. The van der Waals surface area contributed by atoms with Gasteiger partial charge in [0.05, 0.1) is 5.56 Å². The maximum Gasteiger partial charge on any atom is 0.419 e. The van der Waals surface area contributed by atoms with Gasteiger partial charge in [-0.05, 0) is 43.5 Å². The molecule has 1 atom stereocenters. The van der Waals surface area contributed by atoms with Crippen LogP contribution in [0.4, 0.5) is 17.6 Å². The molecule has 0 spiro atoms. The van der Waals surface area contributed by atoms with Crippen LogP contribution in [-0.4, -0.2) is 20.3 Å². The lowest BCUT2D eigenvalue weighted by molar-refractivity contribution is -0.140. The van der Waals surface area contributed by atoms with Crippen molar-refractivity contribution < 1.29 is 22.3 Å². The number of rotatable bonds is 3. The Bertz CT molecular complexity index is 455. The molecule has 0 saturated carbocycles. The summed E-state index contributed by atoms with van der Waals surface area (Å²) in [5.41, 5.74) is -0.740. The highest BCUT2D eigenvalue weighted by molar-refractivity contribution is 5.30. The fourth-order valence-electron chi connectivity index (χ4n) is 2.68. The van der Waals surface area contributed by atoms with Gasteiger partial charge in [-0.3, -0.25) is 0 Å². The van der Waals surface area contributed by atoms with Crippen LogP contribution < -0.4 is 5.32 Å². The first-order valence-corrected chi connectivity index (χ1v) is 6.55. The number of nitrogens with one attached hydrogen (secondary N) is 1. The average Bonchev–Trinajstić information content (AvgIpc) is 2.41. The lowest BCUT2D eigenvalue weighted by Gasteiger charge is -2.30. The highest BCUT2D eigenvalue weighted by Crippen LogP contribution is 2.35. The van der Waals surface area contributed by atoms with Crippen LogP contribution in [-0.2, 0) is 10.9 Å². The molecule has 0 aliphatic carbocycles. The molecule has 0 aromatic heterocycles. The molecule has 1 fully saturated rings. The van der Waals surface area contributed by atoms with Crippen molar-refractivity contribution in [1.82, 2.24) is 5.32 Å². The zero-order valence-corrected chi connectivity index (χ0v) is 11.1. The summed E-state index contributed by atoms with van der Waals surface area (Å²) in [6.45, 7) is 1.21. The minimum absolute atomic E-state index is 0.195. The first kappa shape index (κ1) is 15.3. The highest BCUT2D eigenvalue weighted by Gasteiger charge is 2.35. The van der Waals surface area contributed by atoms with Crippen LogP contribution in [0.5, 0.6) is 0 Å². The van der Waals surface area contributed by atoms with Crippen LogP contribution >= 0.6 is 0 Å². The Morgan fingerprint density at radius 1 is 1.25 bits per heavy atom. The Kier molecular flexibility index (Phi) is 4.65. The molecule has 1 aromatic carbocycles. The first-order valence-electron chi connectivity index (χ1n) is 6.55. The summed E-state index contributed by atoms with van der Waals surface area (Å²) < 4.78 is 56.8. The van der Waals surface area contributed by atoms with Gasteiger partial charge >= 0.3 is 6.18 Å². The van der Waals surface area contributed by atoms with E-state index in [1.54, 1.807) is 7.05 Å². The predicted molar refractivity (Wildman–Crippen MR) is 66.7 cm³/mol. The molecule has 20 heavy (non-hydrogen) atoms. The third-order valence-electron chi connectivity index (χ3n) is 3.70. The fourth-order valence-corrected chi connectivity index (χ4v) is 2.68. The van der Waals surface area contributed by atoms with Crippen LogP contribution in [0.2, 0.25) is 0 Å². The van der Waals surface area contributed by atoms with Gasteiger partial charge in [-0.25, -0.2) is 4.39 Å². The van der Waals surface area contributed by atoms with Crippen molar-refractivity contribution >= 4 is 0 Å². The minimum Gasteiger partial charge on any atom is -0.381 e. The molecule has 2 nitrogen and oxygen atoms in total. The molecule has 1 saturated heterocycles. The summed E-state index contributed by atoms with van der Waals surface area (Å²) in [5.74, 6) is -1.04. The second-order valence-electron chi connectivity index (χ2n) is 4.95. The Hall–Kier alpha value is -1.14.